The summed E-state index contributed by atoms with van der Waals surface area (Å²) in [7, 11) is 0. The molecule has 0 aromatic carbocycles. The molecule has 1 fully saturated rings. The van der Waals surface area contributed by atoms with E-state index in [1.807, 2.05) is 6.92 Å². The van der Waals surface area contributed by atoms with Gasteiger partial charge in [-0.3, -0.25) is 4.79 Å². The van der Waals surface area contributed by atoms with Crippen molar-refractivity contribution in [3.8, 4) is 0 Å². The Balaban J connectivity index is 2.54. The first-order valence-electron chi connectivity index (χ1n) is 4.81. The van der Waals surface area contributed by atoms with Gasteiger partial charge in [-0.1, -0.05) is 0 Å². The lowest BCUT2D eigenvalue weighted by Gasteiger charge is -2.32. The minimum Gasteiger partial charge on any atom is -0.545 e. The number of nitrogens with zero attached hydrogens (tertiary/aromatic N) is 1. The largest absolute Gasteiger partial charge is 0.545 e. The molecule has 1 rings (SSSR count). The predicted octanol–water partition coefficient (Wildman–Crippen LogP) is -0.307. The lowest BCUT2D eigenvalue weighted by molar-refractivity contribution is -0.297. The van der Waals surface area contributed by atoms with Crippen LogP contribution in [0.2, 0.25) is 0 Å². The molecule has 0 unspecified atom stereocenters. The standard InChI is InChI=1S/C10H15NO3/c1-8-4-2-3-7-11(8)9(12)5-6-10(13)14/h5-6,8H,2-4,7H2,1H3,(H,13,14)/p-1/b6-5+/t8-/m1/s1. The Morgan fingerprint density at radius 2 is 2.07 bits per heavy atom. The van der Waals surface area contributed by atoms with Gasteiger partial charge in [0.2, 0.25) is 5.91 Å². The lowest BCUT2D eigenvalue weighted by Crippen LogP contribution is -2.41. The van der Waals surface area contributed by atoms with Crippen LogP contribution in [-0.2, 0) is 9.59 Å². The summed E-state index contributed by atoms with van der Waals surface area (Å²) in [5.41, 5.74) is 0. The van der Waals surface area contributed by atoms with E-state index < -0.39 is 5.97 Å². The van der Waals surface area contributed by atoms with Crippen molar-refractivity contribution in [1.29, 1.82) is 0 Å². The van der Waals surface area contributed by atoms with Crippen LogP contribution < -0.4 is 5.11 Å². The molecular weight excluding hydrogens is 182 g/mol. The molecule has 1 saturated heterocycles. The second-order valence-corrected chi connectivity index (χ2v) is 3.53. The molecule has 4 nitrogen and oxygen atoms in total. The predicted molar refractivity (Wildman–Crippen MR) is 49.2 cm³/mol. The zero-order valence-electron chi connectivity index (χ0n) is 8.23. The quantitative estimate of drug-likeness (QED) is 0.569. The Labute approximate surface area is 83.2 Å². The molecule has 0 N–H and O–H groups in total. The normalized spacial score (nSPS) is 22.6. The van der Waals surface area contributed by atoms with Crippen LogP contribution in [0, 0.1) is 0 Å². The Hall–Kier alpha value is -1.32. The second-order valence-electron chi connectivity index (χ2n) is 3.53. The van der Waals surface area contributed by atoms with Gasteiger partial charge in [0.1, 0.15) is 0 Å². The van der Waals surface area contributed by atoms with E-state index in [1.165, 1.54) is 0 Å². The molecule has 14 heavy (non-hydrogen) atoms. The Bertz CT molecular complexity index is 260. The van der Waals surface area contributed by atoms with Crippen LogP contribution in [0.4, 0.5) is 0 Å². The van der Waals surface area contributed by atoms with E-state index in [4.69, 9.17) is 0 Å². The van der Waals surface area contributed by atoms with Crippen molar-refractivity contribution in [2.75, 3.05) is 6.54 Å². The van der Waals surface area contributed by atoms with Crippen molar-refractivity contribution in [2.24, 2.45) is 0 Å². The van der Waals surface area contributed by atoms with Gasteiger partial charge in [-0.15, -0.1) is 0 Å². The average Bonchev–Trinajstić information content (AvgIpc) is 2.15. The van der Waals surface area contributed by atoms with E-state index in [0.29, 0.717) is 0 Å². The average molecular weight is 196 g/mol. The minimum atomic E-state index is -1.33. The van der Waals surface area contributed by atoms with Gasteiger partial charge in [-0.25, -0.2) is 0 Å². The highest BCUT2D eigenvalue weighted by Crippen LogP contribution is 2.16. The molecule has 1 heterocycles. The summed E-state index contributed by atoms with van der Waals surface area (Å²) in [4.78, 5) is 23.3. The van der Waals surface area contributed by atoms with Crippen LogP contribution in [0.5, 0.6) is 0 Å². The summed E-state index contributed by atoms with van der Waals surface area (Å²) >= 11 is 0. The molecule has 0 aliphatic carbocycles. The molecule has 0 bridgehead atoms. The van der Waals surface area contributed by atoms with Gasteiger partial charge >= 0.3 is 0 Å². The summed E-state index contributed by atoms with van der Waals surface area (Å²) in [5.74, 6) is -1.57. The second kappa shape index (κ2) is 4.79. The van der Waals surface area contributed by atoms with Crippen molar-refractivity contribution >= 4 is 11.9 Å². The fraction of sp³-hybridized carbons (Fsp3) is 0.600. The molecule has 1 aliphatic heterocycles. The maximum Gasteiger partial charge on any atom is 0.246 e. The summed E-state index contributed by atoms with van der Waals surface area (Å²) in [6, 6.07) is 0.211. The molecule has 0 aromatic heterocycles. The van der Waals surface area contributed by atoms with Crippen LogP contribution in [0.25, 0.3) is 0 Å². The number of likely N-dealkylation sites (tertiary alicyclic amines) is 1. The van der Waals surface area contributed by atoms with Crippen LogP contribution in [-0.4, -0.2) is 29.4 Å². The number of carbonyl (C=O) groups excluding carboxylic acids is 2. The number of piperidine rings is 1. The Kier molecular flexibility index (Phi) is 3.68. The molecule has 4 heteroatoms. The molecule has 1 amide bonds. The first-order chi connectivity index (χ1) is 6.61. The highest BCUT2D eigenvalue weighted by atomic mass is 16.4. The maximum atomic E-state index is 11.5. The molecule has 1 aliphatic rings. The van der Waals surface area contributed by atoms with Crippen LogP contribution in [0.3, 0.4) is 0 Å². The van der Waals surface area contributed by atoms with Crippen LogP contribution in [0.15, 0.2) is 12.2 Å². The van der Waals surface area contributed by atoms with Crippen molar-refractivity contribution in [1.82, 2.24) is 4.90 Å². The van der Waals surface area contributed by atoms with E-state index in [2.05, 4.69) is 0 Å². The van der Waals surface area contributed by atoms with Crippen LogP contribution in [0.1, 0.15) is 26.2 Å². The molecular formula is C10H14NO3-. The van der Waals surface area contributed by atoms with Gasteiger partial charge in [0.25, 0.3) is 0 Å². The van der Waals surface area contributed by atoms with Gasteiger partial charge in [0.05, 0.1) is 5.97 Å². The number of aliphatic carboxylic acids is 1. The highest BCUT2D eigenvalue weighted by molar-refractivity contribution is 5.93. The van der Waals surface area contributed by atoms with Gasteiger partial charge in [-0.2, -0.15) is 0 Å². The van der Waals surface area contributed by atoms with Crippen molar-refractivity contribution in [2.45, 2.75) is 32.2 Å². The van der Waals surface area contributed by atoms with Gasteiger partial charge in [-0.05, 0) is 32.3 Å². The number of carboxylic acid groups (broad SMARTS) is 1. The number of hydrogen-bond acceptors (Lipinski definition) is 3. The molecule has 0 radical (unpaired) electrons. The summed E-state index contributed by atoms with van der Waals surface area (Å²) in [6.45, 7) is 2.70. The number of carboxylic acids is 1. The monoisotopic (exact) mass is 196 g/mol. The van der Waals surface area contributed by atoms with Crippen LogP contribution >= 0.6 is 0 Å². The molecule has 0 saturated carbocycles. The number of hydrogen-bond donors (Lipinski definition) is 0. The molecule has 78 valence electrons. The molecule has 1 atom stereocenters. The Morgan fingerprint density at radius 3 is 2.64 bits per heavy atom. The van der Waals surface area contributed by atoms with E-state index in [9.17, 15) is 14.7 Å². The number of carbonyl (C=O) groups is 2. The topological polar surface area (TPSA) is 60.4 Å². The summed E-state index contributed by atoms with van der Waals surface area (Å²) in [5, 5.41) is 10.1. The van der Waals surface area contributed by atoms with Gasteiger partial charge in [0.15, 0.2) is 0 Å². The summed E-state index contributed by atoms with van der Waals surface area (Å²) < 4.78 is 0. The van der Waals surface area contributed by atoms with E-state index >= 15 is 0 Å². The van der Waals surface area contributed by atoms with Crippen molar-refractivity contribution < 1.29 is 14.7 Å². The third-order valence-electron chi connectivity index (χ3n) is 2.45. The summed E-state index contributed by atoms with van der Waals surface area (Å²) in [6.07, 6.45) is 4.97. The first kappa shape index (κ1) is 10.8. The first-order valence-corrected chi connectivity index (χ1v) is 4.81. The molecule has 0 aromatic rings. The zero-order chi connectivity index (χ0) is 10.6. The number of amides is 1. The third kappa shape index (κ3) is 2.87. The van der Waals surface area contributed by atoms with Gasteiger partial charge < -0.3 is 14.8 Å². The molecule has 0 spiro atoms. The van der Waals surface area contributed by atoms with Crippen molar-refractivity contribution in [3.05, 3.63) is 12.2 Å². The fourth-order valence-electron chi connectivity index (χ4n) is 1.66. The maximum absolute atomic E-state index is 11.5. The Morgan fingerprint density at radius 1 is 1.36 bits per heavy atom. The highest BCUT2D eigenvalue weighted by Gasteiger charge is 2.20. The van der Waals surface area contributed by atoms with Crippen molar-refractivity contribution in [3.63, 3.8) is 0 Å². The van der Waals surface area contributed by atoms with E-state index in [-0.39, 0.29) is 11.9 Å². The smallest absolute Gasteiger partial charge is 0.246 e. The fourth-order valence-corrected chi connectivity index (χ4v) is 1.66. The van der Waals surface area contributed by atoms with Gasteiger partial charge in [0, 0.05) is 18.7 Å². The van der Waals surface area contributed by atoms with E-state index in [0.717, 1.165) is 38.0 Å². The third-order valence-corrected chi connectivity index (χ3v) is 2.45. The minimum absolute atomic E-state index is 0.211. The zero-order valence-corrected chi connectivity index (χ0v) is 8.23. The lowest BCUT2D eigenvalue weighted by atomic mass is 10.0. The van der Waals surface area contributed by atoms with E-state index in [1.54, 1.807) is 4.90 Å². The SMILES string of the molecule is C[C@@H]1CCCCN1C(=O)/C=C/C(=O)[O-]. The number of rotatable bonds is 2.